The summed E-state index contributed by atoms with van der Waals surface area (Å²) in [5.74, 6) is -0.917. The largest absolute Gasteiger partial charge is 0.444 e. The molecule has 1 fully saturated rings. The lowest BCUT2D eigenvalue weighted by Gasteiger charge is -2.35. The molecule has 1 aliphatic rings. The second kappa shape index (κ2) is 5.82. The van der Waals surface area contributed by atoms with E-state index in [4.69, 9.17) is 10.5 Å². The van der Waals surface area contributed by atoms with E-state index in [1.54, 1.807) is 20.8 Å². The molecule has 0 saturated carbocycles. The van der Waals surface area contributed by atoms with E-state index in [9.17, 15) is 14.0 Å². The molecule has 2 N–H and O–H groups in total. The lowest BCUT2D eigenvalue weighted by Crippen LogP contribution is -2.53. The molecule has 1 aromatic carbocycles. The van der Waals surface area contributed by atoms with Crippen molar-refractivity contribution in [2.45, 2.75) is 26.4 Å². The van der Waals surface area contributed by atoms with E-state index in [1.807, 2.05) is 0 Å². The molecule has 1 saturated heterocycles. The number of piperazine rings is 1. The number of anilines is 2. The topological polar surface area (TPSA) is 75.9 Å². The summed E-state index contributed by atoms with van der Waals surface area (Å²) in [5.41, 5.74) is 5.34. The van der Waals surface area contributed by atoms with Crippen LogP contribution in [0.4, 0.5) is 20.6 Å². The maximum Gasteiger partial charge on any atom is 0.410 e. The van der Waals surface area contributed by atoms with Crippen molar-refractivity contribution in [1.82, 2.24) is 4.90 Å². The molecule has 0 aliphatic carbocycles. The van der Waals surface area contributed by atoms with Crippen LogP contribution in [0.5, 0.6) is 0 Å². The number of carbonyl (C=O) groups excluding carboxylic acids is 2. The molecular weight excluding hydrogens is 289 g/mol. The Balaban J connectivity index is 2.07. The van der Waals surface area contributed by atoms with Crippen LogP contribution in [0.25, 0.3) is 0 Å². The van der Waals surface area contributed by atoms with Crippen LogP contribution in [0.1, 0.15) is 20.8 Å². The Morgan fingerprint density at radius 3 is 2.55 bits per heavy atom. The number of nitrogens with two attached hydrogens (primary N) is 1. The van der Waals surface area contributed by atoms with Crippen molar-refractivity contribution in [2.75, 3.05) is 30.3 Å². The first kappa shape index (κ1) is 16.1. The van der Waals surface area contributed by atoms with Crippen molar-refractivity contribution in [3.8, 4) is 0 Å². The van der Waals surface area contributed by atoms with Crippen LogP contribution in [0.3, 0.4) is 0 Å². The normalized spacial score (nSPS) is 15.9. The molecular formula is C15H20FN3O3. The number of nitrogen functional groups attached to an aromatic ring is 1. The molecule has 0 aromatic heterocycles. The molecule has 1 aromatic rings. The van der Waals surface area contributed by atoms with Crippen LogP contribution in [0.2, 0.25) is 0 Å². The van der Waals surface area contributed by atoms with E-state index in [0.717, 1.165) is 0 Å². The highest BCUT2D eigenvalue weighted by Gasteiger charge is 2.31. The highest BCUT2D eigenvalue weighted by Crippen LogP contribution is 2.24. The number of ether oxygens (including phenoxy) is 1. The van der Waals surface area contributed by atoms with E-state index >= 15 is 0 Å². The second-order valence-corrected chi connectivity index (χ2v) is 6.16. The molecule has 2 rings (SSSR count). The summed E-state index contributed by atoms with van der Waals surface area (Å²) in [7, 11) is 0. The van der Waals surface area contributed by atoms with Gasteiger partial charge < -0.3 is 15.4 Å². The first-order valence-electron chi connectivity index (χ1n) is 7.01. The standard InChI is InChI=1S/C15H20FN3O3/c1-15(2,3)22-14(21)18-6-7-19(13(20)9-18)12-5-4-10(17)8-11(12)16/h4-5,8H,6-7,9,17H2,1-3H3. The molecule has 7 heteroatoms. The molecule has 120 valence electrons. The third-order valence-corrected chi connectivity index (χ3v) is 3.13. The Morgan fingerprint density at radius 1 is 1.32 bits per heavy atom. The molecule has 0 unspecified atom stereocenters. The predicted molar refractivity (Wildman–Crippen MR) is 81.0 cm³/mol. The molecule has 0 spiro atoms. The molecule has 0 radical (unpaired) electrons. The van der Waals surface area contributed by atoms with Crippen molar-refractivity contribution in [3.63, 3.8) is 0 Å². The zero-order valence-corrected chi connectivity index (χ0v) is 12.9. The van der Waals surface area contributed by atoms with Gasteiger partial charge in [-0.1, -0.05) is 0 Å². The van der Waals surface area contributed by atoms with Crippen LogP contribution in [0.15, 0.2) is 18.2 Å². The summed E-state index contributed by atoms with van der Waals surface area (Å²) in [6, 6.07) is 4.17. The van der Waals surface area contributed by atoms with E-state index in [0.29, 0.717) is 5.69 Å². The average Bonchev–Trinajstić information content (AvgIpc) is 2.37. The van der Waals surface area contributed by atoms with E-state index in [2.05, 4.69) is 0 Å². The number of hydrogen-bond acceptors (Lipinski definition) is 4. The predicted octanol–water partition coefficient (Wildman–Crippen LogP) is 1.99. The number of amides is 2. The Labute approximate surface area is 128 Å². The number of benzene rings is 1. The van der Waals surface area contributed by atoms with Crippen molar-refractivity contribution in [1.29, 1.82) is 0 Å². The minimum atomic E-state index is -0.625. The summed E-state index contributed by atoms with van der Waals surface area (Å²) >= 11 is 0. The van der Waals surface area contributed by atoms with Gasteiger partial charge in [-0.2, -0.15) is 0 Å². The monoisotopic (exact) mass is 309 g/mol. The SMILES string of the molecule is CC(C)(C)OC(=O)N1CCN(c2ccc(N)cc2F)C(=O)C1. The number of rotatable bonds is 1. The molecule has 2 amide bonds. The molecule has 0 atom stereocenters. The van der Waals surface area contributed by atoms with Gasteiger partial charge >= 0.3 is 6.09 Å². The van der Waals surface area contributed by atoms with Crippen molar-refractivity contribution < 1.29 is 18.7 Å². The maximum absolute atomic E-state index is 13.9. The van der Waals surface area contributed by atoms with Crippen molar-refractivity contribution in [3.05, 3.63) is 24.0 Å². The summed E-state index contributed by atoms with van der Waals surface area (Å²) in [4.78, 5) is 26.8. The molecule has 1 heterocycles. The Morgan fingerprint density at radius 2 is 2.00 bits per heavy atom. The van der Waals surface area contributed by atoms with E-state index in [1.165, 1.54) is 28.0 Å². The molecule has 1 aliphatic heterocycles. The average molecular weight is 309 g/mol. The number of nitrogens with zero attached hydrogens (tertiary/aromatic N) is 2. The van der Waals surface area contributed by atoms with Crippen LogP contribution in [-0.4, -0.2) is 42.1 Å². The van der Waals surface area contributed by atoms with E-state index < -0.39 is 17.5 Å². The van der Waals surface area contributed by atoms with Gasteiger partial charge in [-0.25, -0.2) is 9.18 Å². The summed E-state index contributed by atoms with van der Waals surface area (Å²) in [5, 5.41) is 0. The third-order valence-electron chi connectivity index (χ3n) is 3.13. The van der Waals surface area contributed by atoms with Crippen molar-refractivity contribution in [2.24, 2.45) is 0 Å². The van der Waals surface area contributed by atoms with Crippen LogP contribution >= 0.6 is 0 Å². The fourth-order valence-corrected chi connectivity index (χ4v) is 2.15. The minimum Gasteiger partial charge on any atom is -0.444 e. The van der Waals surface area contributed by atoms with Gasteiger partial charge in [-0.15, -0.1) is 0 Å². The molecule has 22 heavy (non-hydrogen) atoms. The Bertz CT molecular complexity index is 598. The summed E-state index contributed by atoms with van der Waals surface area (Å²) in [6.45, 7) is 5.62. The first-order chi connectivity index (χ1) is 10.2. The van der Waals surface area contributed by atoms with Gasteiger partial charge in [-0.3, -0.25) is 9.69 Å². The number of halogens is 1. The van der Waals surface area contributed by atoms with E-state index in [-0.39, 0.29) is 31.2 Å². The quantitative estimate of drug-likeness (QED) is 0.805. The number of carbonyl (C=O) groups is 2. The lowest BCUT2D eigenvalue weighted by atomic mass is 10.2. The highest BCUT2D eigenvalue weighted by atomic mass is 19.1. The number of hydrogen-bond donors (Lipinski definition) is 1. The minimum absolute atomic E-state index is 0.140. The first-order valence-corrected chi connectivity index (χ1v) is 7.01. The zero-order valence-electron chi connectivity index (χ0n) is 12.9. The smallest absolute Gasteiger partial charge is 0.410 e. The third kappa shape index (κ3) is 3.66. The van der Waals surface area contributed by atoms with Gasteiger partial charge in [0.05, 0.1) is 5.69 Å². The Kier molecular flexibility index (Phi) is 4.25. The maximum atomic E-state index is 13.9. The summed E-state index contributed by atoms with van der Waals surface area (Å²) < 4.78 is 19.1. The van der Waals surface area contributed by atoms with Gasteiger partial charge in [0, 0.05) is 18.8 Å². The van der Waals surface area contributed by atoms with Gasteiger partial charge in [0.25, 0.3) is 0 Å². The fourth-order valence-electron chi connectivity index (χ4n) is 2.15. The fraction of sp³-hybridized carbons (Fsp3) is 0.467. The van der Waals surface area contributed by atoms with Gasteiger partial charge in [0.2, 0.25) is 5.91 Å². The zero-order chi connectivity index (χ0) is 16.5. The summed E-state index contributed by atoms with van der Waals surface area (Å²) in [6.07, 6.45) is -0.543. The second-order valence-electron chi connectivity index (χ2n) is 6.16. The Hall–Kier alpha value is -2.31. The lowest BCUT2D eigenvalue weighted by molar-refractivity contribution is -0.121. The van der Waals surface area contributed by atoms with Crippen molar-refractivity contribution >= 4 is 23.4 Å². The highest BCUT2D eigenvalue weighted by molar-refractivity contribution is 5.97. The van der Waals surface area contributed by atoms with Gasteiger partial charge in [0.15, 0.2) is 0 Å². The van der Waals surface area contributed by atoms with Crippen LogP contribution in [-0.2, 0) is 9.53 Å². The van der Waals surface area contributed by atoms with Gasteiger partial charge in [-0.05, 0) is 39.0 Å². The molecule has 0 bridgehead atoms. The van der Waals surface area contributed by atoms with Crippen LogP contribution in [0, 0.1) is 5.82 Å². The molecule has 6 nitrogen and oxygen atoms in total. The van der Waals surface area contributed by atoms with Gasteiger partial charge in [0.1, 0.15) is 18.0 Å². The van der Waals surface area contributed by atoms with Crippen LogP contribution < -0.4 is 10.6 Å².